The molecule has 3 nitrogen and oxygen atoms in total. The molecule has 1 spiro atoms. The third-order valence-electron chi connectivity index (χ3n) is 5.63. The minimum Gasteiger partial charge on any atom is -0.288 e. The Bertz CT molecular complexity index is 916. The van der Waals surface area contributed by atoms with Crippen LogP contribution in [-0.2, 0) is 18.4 Å². The van der Waals surface area contributed by atoms with Gasteiger partial charge in [-0.05, 0) is 31.7 Å². The number of fused-ring (bicyclic) bond motifs is 4. The van der Waals surface area contributed by atoms with Crippen LogP contribution in [0.4, 0.5) is 0 Å². The molecule has 1 heterocycles. The Hall–Kier alpha value is -1.99. The van der Waals surface area contributed by atoms with E-state index in [4.69, 9.17) is 11.4 Å². The number of aromatic nitrogens is 2. The molecule has 0 saturated heterocycles. The molecule has 25 heavy (non-hydrogen) atoms. The van der Waals surface area contributed by atoms with Gasteiger partial charge in [-0.15, -0.1) is 6.42 Å². The smallest absolute Gasteiger partial charge is 0.258 e. The molecule has 1 fully saturated rings. The zero-order valence-electron chi connectivity index (χ0n) is 14.5. The molecular weight excluding hydrogens is 328 g/mol. The highest BCUT2D eigenvalue weighted by molar-refractivity contribution is 7.99. The molecule has 4 heteroatoms. The van der Waals surface area contributed by atoms with E-state index < -0.39 is 0 Å². The Morgan fingerprint density at radius 1 is 1.32 bits per heavy atom. The largest absolute Gasteiger partial charge is 0.288 e. The molecular formula is C21H22N2OS. The van der Waals surface area contributed by atoms with Crippen LogP contribution in [0.15, 0.2) is 34.2 Å². The summed E-state index contributed by atoms with van der Waals surface area (Å²) in [4.78, 5) is 18.4. The lowest BCUT2D eigenvalue weighted by atomic mass is 9.68. The van der Waals surface area contributed by atoms with Gasteiger partial charge in [0.15, 0.2) is 5.16 Å². The zero-order valence-corrected chi connectivity index (χ0v) is 15.4. The van der Waals surface area contributed by atoms with Crippen LogP contribution in [0.2, 0.25) is 0 Å². The van der Waals surface area contributed by atoms with Crippen LogP contribution in [0.5, 0.6) is 0 Å². The molecule has 0 unspecified atom stereocenters. The Balaban J connectivity index is 2.02. The summed E-state index contributed by atoms with van der Waals surface area (Å²) in [7, 11) is 0. The van der Waals surface area contributed by atoms with E-state index >= 15 is 0 Å². The van der Waals surface area contributed by atoms with Crippen LogP contribution in [0.3, 0.4) is 0 Å². The molecule has 2 aliphatic rings. The summed E-state index contributed by atoms with van der Waals surface area (Å²) in [6.07, 6.45) is 11.0. The lowest BCUT2D eigenvalue weighted by Gasteiger charge is -2.36. The van der Waals surface area contributed by atoms with Crippen molar-refractivity contribution in [2.24, 2.45) is 0 Å². The van der Waals surface area contributed by atoms with Crippen LogP contribution >= 0.6 is 11.8 Å². The minimum atomic E-state index is -0.0278. The molecule has 1 aromatic carbocycles. The van der Waals surface area contributed by atoms with Gasteiger partial charge >= 0.3 is 0 Å². The average molecular weight is 350 g/mol. The number of nitrogens with zero attached hydrogens (tertiary/aromatic N) is 2. The normalized spacial score (nSPS) is 17.1. The molecule has 4 rings (SSSR count). The number of thioether (sulfide) groups is 1. The van der Waals surface area contributed by atoms with Gasteiger partial charge in [-0.2, -0.15) is 0 Å². The third-order valence-corrected chi connectivity index (χ3v) is 6.51. The summed E-state index contributed by atoms with van der Waals surface area (Å²) in [5.74, 6) is 3.17. The standard InChI is InChI=1S/C21H22N2OS/c1-3-13-25-20-22-18-16-10-6-5-9-15(16)14-21(11-7-8-12-21)17(18)19(24)23(20)4-2/h1,5-6,9-10H,4,7-8,11-14H2,2H3. The Kier molecular flexibility index (Phi) is 4.21. The average Bonchev–Trinajstić information content (AvgIpc) is 3.08. The van der Waals surface area contributed by atoms with Crippen molar-refractivity contribution in [2.45, 2.75) is 56.1 Å². The van der Waals surface area contributed by atoms with Crippen LogP contribution in [0.25, 0.3) is 11.3 Å². The second-order valence-electron chi connectivity index (χ2n) is 6.98. The summed E-state index contributed by atoms with van der Waals surface area (Å²) in [6.45, 7) is 2.64. The second-order valence-corrected chi connectivity index (χ2v) is 7.92. The van der Waals surface area contributed by atoms with Gasteiger partial charge in [-0.25, -0.2) is 4.98 Å². The lowest BCUT2D eigenvalue weighted by molar-refractivity contribution is 0.416. The van der Waals surface area contributed by atoms with Gasteiger partial charge in [0.2, 0.25) is 0 Å². The fourth-order valence-corrected chi connectivity index (χ4v) is 5.28. The highest BCUT2D eigenvalue weighted by atomic mass is 32.2. The van der Waals surface area contributed by atoms with Crippen molar-refractivity contribution < 1.29 is 0 Å². The highest BCUT2D eigenvalue weighted by Crippen LogP contribution is 2.49. The van der Waals surface area contributed by atoms with E-state index in [0.29, 0.717) is 12.3 Å². The molecule has 0 aliphatic heterocycles. The van der Waals surface area contributed by atoms with E-state index in [-0.39, 0.29) is 11.0 Å². The number of hydrogen-bond donors (Lipinski definition) is 0. The molecule has 0 atom stereocenters. The third kappa shape index (κ3) is 2.53. The molecule has 0 N–H and O–H groups in total. The Labute approximate surface area is 152 Å². The van der Waals surface area contributed by atoms with Gasteiger partial charge in [0.25, 0.3) is 5.56 Å². The predicted octanol–water partition coefficient (Wildman–Crippen LogP) is 4.02. The number of hydrogen-bond acceptors (Lipinski definition) is 3. The summed E-state index contributed by atoms with van der Waals surface area (Å²) >= 11 is 1.48. The number of benzene rings is 1. The maximum absolute atomic E-state index is 13.5. The molecule has 0 radical (unpaired) electrons. The van der Waals surface area contributed by atoms with Crippen LogP contribution < -0.4 is 5.56 Å². The quantitative estimate of drug-likeness (QED) is 0.476. The molecule has 1 saturated carbocycles. The van der Waals surface area contributed by atoms with E-state index in [2.05, 4.69) is 24.1 Å². The first kappa shape index (κ1) is 16.5. The Morgan fingerprint density at radius 2 is 2.08 bits per heavy atom. The van der Waals surface area contributed by atoms with Gasteiger partial charge in [0.1, 0.15) is 0 Å². The summed E-state index contributed by atoms with van der Waals surface area (Å²) < 4.78 is 1.81. The van der Waals surface area contributed by atoms with E-state index in [0.717, 1.165) is 41.2 Å². The fourth-order valence-electron chi connectivity index (χ4n) is 4.54. The SMILES string of the molecule is C#CCSc1nc2c(c(=O)n1CC)C1(CCCC1)Cc1ccccc1-2. The number of terminal acetylenes is 1. The maximum atomic E-state index is 13.5. The van der Waals surface area contributed by atoms with Crippen molar-refractivity contribution in [2.75, 3.05) is 5.75 Å². The minimum absolute atomic E-state index is 0.0278. The topological polar surface area (TPSA) is 34.9 Å². The van der Waals surface area contributed by atoms with Crippen LogP contribution in [-0.4, -0.2) is 15.3 Å². The lowest BCUT2D eigenvalue weighted by Crippen LogP contribution is -2.40. The van der Waals surface area contributed by atoms with Crippen molar-refractivity contribution in [1.82, 2.24) is 9.55 Å². The van der Waals surface area contributed by atoms with Gasteiger partial charge < -0.3 is 0 Å². The van der Waals surface area contributed by atoms with E-state index in [1.807, 2.05) is 17.6 Å². The number of rotatable bonds is 3. The summed E-state index contributed by atoms with van der Waals surface area (Å²) in [6, 6.07) is 8.43. The van der Waals surface area contributed by atoms with Crippen molar-refractivity contribution in [3.05, 3.63) is 45.7 Å². The molecule has 0 amide bonds. The summed E-state index contributed by atoms with van der Waals surface area (Å²) in [5, 5.41) is 0.744. The second kappa shape index (κ2) is 6.38. The van der Waals surface area contributed by atoms with Crippen LogP contribution in [0.1, 0.15) is 43.7 Å². The van der Waals surface area contributed by atoms with E-state index in [9.17, 15) is 4.79 Å². The first-order chi connectivity index (χ1) is 12.2. The van der Waals surface area contributed by atoms with Crippen molar-refractivity contribution >= 4 is 11.8 Å². The van der Waals surface area contributed by atoms with Crippen LogP contribution in [0, 0.1) is 12.3 Å². The summed E-state index contributed by atoms with van der Waals surface area (Å²) in [5.41, 5.74) is 4.42. The maximum Gasteiger partial charge on any atom is 0.258 e. The van der Waals surface area contributed by atoms with Crippen molar-refractivity contribution in [1.29, 1.82) is 0 Å². The predicted molar refractivity (Wildman–Crippen MR) is 103 cm³/mol. The zero-order chi connectivity index (χ0) is 17.4. The molecule has 2 aromatic rings. The van der Waals surface area contributed by atoms with Crippen molar-refractivity contribution in [3.63, 3.8) is 0 Å². The van der Waals surface area contributed by atoms with E-state index in [1.165, 1.54) is 30.2 Å². The van der Waals surface area contributed by atoms with Gasteiger partial charge in [-0.3, -0.25) is 9.36 Å². The fraction of sp³-hybridized carbons (Fsp3) is 0.429. The molecule has 0 bridgehead atoms. The monoisotopic (exact) mass is 350 g/mol. The molecule has 2 aliphatic carbocycles. The van der Waals surface area contributed by atoms with Gasteiger partial charge in [0.05, 0.1) is 17.0 Å². The van der Waals surface area contributed by atoms with Crippen molar-refractivity contribution in [3.8, 4) is 23.6 Å². The first-order valence-electron chi connectivity index (χ1n) is 9.00. The van der Waals surface area contributed by atoms with Gasteiger partial charge in [0, 0.05) is 17.5 Å². The van der Waals surface area contributed by atoms with E-state index in [1.54, 1.807) is 0 Å². The van der Waals surface area contributed by atoms with Gasteiger partial charge in [-0.1, -0.05) is 54.8 Å². The highest BCUT2D eigenvalue weighted by Gasteiger charge is 2.44. The molecule has 1 aromatic heterocycles. The Morgan fingerprint density at radius 3 is 2.80 bits per heavy atom. The molecule has 128 valence electrons. The first-order valence-corrected chi connectivity index (χ1v) is 9.98.